The van der Waals surface area contributed by atoms with Crippen LogP contribution >= 0.6 is 0 Å². The number of hydrogen-bond donors (Lipinski definition) is 1. The van der Waals surface area contributed by atoms with Crippen molar-refractivity contribution in [2.75, 3.05) is 31.5 Å². The molecule has 3 unspecified atom stereocenters. The lowest BCUT2D eigenvalue weighted by atomic mass is 9.92. The topological polar surface area (TPSA) is 92.1 Å². The number of aryl methyl sites for hydroxylation is 1. The Morgan fingerprint density at radius 2 is 1.92 bits per heavy atom. The summed E-state index contributed by atoms with van der Waals surface area (Å²) in [6.07, 6.45) is 5.09. The van der Waals surface area contributed by atoms with E-state index in [9.17, 15) is 9.59 Å². The number of hydrogen-bond acceptors (Lipinski definition) is 6. The molecule has 2 saturated heterocycles. The Balaban J connectivity index is 1.25. The van der Waals surface area contributed by atoms with E-state index in [1.807, 2.05) is 15.6 Å². The van der Waals surface area contributed by atoms with Gasteiger partial charge in [0.25, 0.3) is 5.91 Å². The van der Waals surface area contributed by atoms with Gasteiger partial charge in [-0.2, -0.15) is 9.61 Å². The van der Waals surface area contributed by atoms with E-state index in [0.717, 1.165) is 42.0 Å². The van der Waals surface area contributed by atoms with Crippen LogP contribution in [0.1, 0.15) is 64.1 Å². The van der Waals surface area contributed by atoms with Gasteiger partial charge in [-0.3, -0.25) is 4.79 Å². The van der Waals surface area contributed by atoms with Gasteiger partial charge in [0.1, 0.15) is 11.9 Å². The van der Waals surface area contributed by atoms with Crippen LogP contribution in [0.5, 0.6) is 0 Å². The standard InChI is InChI=1S/C27H36N6O3/c1-5-7-24(34)31-11-10-21(16-31)36-27(35)32-14-18-8-9-19(15-32)25(18)30-23-12-20(6-2)29-26-22(17(3)4)13-28-33(23)26/h12-13,17-19,21,25,30H,6,8-11,14-16H2,1-4H3. The first kappa shape index (κ1) is 24.4. The number of piperidine rings is 1. The predicted octanol–water partition coefficient (Wildman–Crippen LogP) is 3.30. The summed E-state index contributed by atoms with van der Waals surface area (Å²) in [4.78, 5) is 33.4. The molecule has 36 heavy (non-hydrogen) atoms. The molecule has 3 fully saturated rings. The lowest BCUT2D eigenvalue weighted by molar-refractivity contribution is -0.124. The monoisotopic (exact) mass is 492 g/mol. The number of anilines is 1. The Hall–Kier alpha value is -3.28. The molecule has 2 aromatic rings. The van der Waals surface area contributed by atoms with Gasteiger partial charge in [0.15, 0.2) is 5.65 Å². The van der Waals surface area contributed by atoms with Crippen molar-refractivity contribution in [1.82, 2.24) is 24.4 Å². The van der Waals surface area contributed by atoms with Gasteiger partial charge in [0, 0.05) is 49.4 Å². The van der Waals surface area contributed by atoms with E-state index in [0.29, 0.717) is 50.4 Å². The zero-order chi connectivity index (χ0) is 25.4. The molecule has 5 rings (SSSR count). The average Bonchev–Trinajstić information content (AvgIpc) is 3.55. The molecule has 192 valence electrons. The maximum Gasteiger partial charge on any atom is 0.410 e. The van der Waals surface area contributed by atoms with E-state index in [-0.39, 0.29) is 24.1 Å². The average molecular weight is 493 g/mol. The van der Waals surface area contributed by atoms with Gasteiger partial charge >= 0.3 is 6.09 Å². The Labute approximate surface area is 212 Å². The van der Waals surface area contributed by atoms with Crippen molar-refractivity contribution < 1.29 is 14.3 Å². The Morgan fingerprint density at radius 3 is 2.58 bits per heavy atom. The van der Waals surface area contributed by atoms with Gasteiger partial charge in [-0.15, -0.1) is 0 Å². The fourth-order valence-corrected chi connectivity index (χ4v) is 5.91. The van der Waals surface area contributed by atoms with E-state index in [1.165, 1.54) is 0 Å². The van der Waals surface area contributed by atoms with Gasteiger partial charge < -0.3 is 19.9 Å². The molecule has 3 aliphatic rings. The van der Waals surface area contributed by atoms with Gasteiger partial charge in [-0.25, -0.2) is 9.78 Å². The van der Waals surface area contributed by atoms with Crippen molar-refractivity contribution >= 4 is 23.5 Å². The fraction of sp³-hybridized carbons (Fsp3) is 0.630. The van der Waals surface area contributed by atoms with E-state index in [2.05, 4.69) is 49.1 Å². The molecule has 2 aliphatic heterocycles. The number of carbonyl (C=O) groups is 2. The second-order valence-corrected chi connectivity index (χ2v) is 10.6. The molecule has 0 radical (unpaired) electrons. The number of likely N-dealkylation sites (tertiary alicyclic amines) is 2. The molecule has 1 N–H and O–H groups in total. The lowest BCUT2D eigenvalue weighted by Crippen LogP contribution is -2.51. The normalized spacial score (nSPS) is 25.2. The molecule has 0 spiro atoms. The van der Waals surface area contributed by atoms with Gasteiger partial charge in [0.2, 0.25) is 0 Å². The van der Waals surface area contributed by atoms with E-state index in [1.54, 1.807) is 11.8 Å². The maximum atomic E-state index is 13.0. The molecule has 2 bridgehead atoms. The van der Waals surface area contributed by atoms with Crippen LogP contribution in [0.3, 0.4) is 0 Å². The highest BCUT2D eigenvalue weighted by Gasteiger charge is 2.44. The second kappa shape index (κ2) is 10.00. The molecule has 4 heterocycles. The van der Waals surface area contributed by atoms with Crippen LogP contribution < -0.4 is 5.32 Å². The van der Waals surface area contributed by atoms with Crippen LogP contribution in [0.15, 0.2) is 12.3 Å². The Morgan fingerprint density at radius 1 is 1.17 bits per heavy atom. The molecule has 1 saturated carbocycles. The number of fused-ring (bicyclic) bond motifs is 3. The smallest absolute Gasteiger partial charge is 0.410 e. The van der Waals surface area contributed by atoms with Crippen LogP contribution in [-0.2, 0) is 16.0 Å². The van der Waals surface area contributed by atoms with Crippen molar-refractivity contribution in [1.29, 1.82) is 0 Å². The minimum Gasteiger partial charge on any atom is -0.444 e. The third kappa shape index (κ3) is 4.61. The second-order valence-electron chi connectivity index (χ2n) is 10.6. The van der Waals surface area contributed by atoms with E-state index < -0.39 is 0 Å². The summed E-state index contributed by atoms with van der Waals surface area (Å²) in [7, 11) is 0. The van der Waals surface area contributed by atoms with Crippen molar-refractivity contribution in [3.63, 3.8) is 0 Å². The van der Waals surface area contributed by atoms with Crippen molar-refractivity contribution in [2.45, 2.75) is 71.4 Å². The number of nitrogens with zero attached hydrogens (tertiary/aromatic N) is 5. The Bertz CT molecular complexity index is 1200. The van der Waals surface area contributed by atoms with Crippen LogP contribution in [0.4, 0.5) is 10.6 Å². The third-order valence-electron chi connectivity index (χ3n) is 7.87. The van der Waals surface area contributed by atoms with E-state index >= 15 is 0 Å². The largest absolute Gasteiger partial charge is 0.444 e. The highest BCUT2D eigenvalue weighted by Crippen LogP contribution is 2.39. The SMILES string of the molecule is CC#CC(=O)N1CCC(OC(=O)N2CC3CCC(C2)C3Nc2cc(CC)nc3c(C(C)C)cnn23)C1. The number of nitrogens with one attached hydrogen (secondary N) is 1. The van der Waals surface area contributed by atoms with Crippen molar-refractivity contribution in [3.05, 3.63) is 23.5 Å². The summed E-state index contributed by atoms with van der Waals surface area (Å²) in [5.41, 5.74) is 3.13. The number of amides is 2. The fourth-order valence-electron chi connectivity index (χ4n) is 5.91. The molecular weight excluding hydrogens is 456 g/mol. The zero-order valence-corrected chi connectivity index (χ0v) is 21.7. The van der Waals surface area contributed by atoms with Crippen LogP contribution in [0.25, 0.3) is 5.65 Å². The number of ether oxygens (including phenoxy) is 1. The molecular formula is C27H36N6O3. The predicted molar refractivity (Wildman–Crippen MR) is 137 cm³/mol. The number of aromatic nitrogens is 3. The molecule has 9 nitrogen and oxygen atoms in total. The first-order valence-electron chi connectivity index (χ1n) is 13.2. The van der Waals surface area contributed by atoms with Gasteiger partial charge in [-0.1, -0.05) is 26.7 Å². The first-order chi connectivity index (χ1) is 17.4. The summed E-state index contributed by atoms with van der Waals surface area (Å²) in [6, 6.07) is 2.39. The van der Waals surface area contributed by atoms with Crippen LogP contribution in [0.2, 0.25) is 0 Å². The van der Waals surface area contributed by atoms with Crippen molar-refractivity contribution in [3.8, 4) is 11.8 Å². The summed E-state index contributed by atoms with van der Waals surface area (Å²) in [5.74, 6) is 7.04. The van der Waals surface area contributed by atoms with E-state index in [4.69, 9.17) is 9.72 Å². The summed E-state index contributed by atoms with van der Waals surface area (Å²) < 4.78 is 7.74. The molecule has 1 aliphatic carbocycles. The highest BCUT2D eigenvalue weighted by molar-refractivity contribution is 5.93. The minimum absolute atomic E-state index is 0.199. The summed E-state index contributed by atoms with van der Waals surface area (Å²) >= 11 is 0. The molecule has 2 amide bonds. The summed E-state index contributed by atoms with van der Waals surface area (Å²) in [6.45, 7) is 10.5. The number of rotatable bonds is 5. The van der Waals surface area contributed by atoms with Gasteiger partial charge in [-0.05, 0) is 49.9 Å². The molecule has 2 aromatic heterocycles. The lowest BCUT2D eigenvalue weighted by Gasteiger charge is -2.38. The quantitative estimate of drug-likeness (QED) is 0.644. The summed E-state index contributed by atoms with van der Waals surface area (Å²) in [5, 5.41) is 8.45. The highest BCUT2D eigenvalue weighted by atomic mass is 16.6. The molecule has 9 heteroatoms. The van der Waals surface area contributed by atoms with Gasteiger partial charge in [0.05, 0.1) is 12.7 Å². The molecule has 3 atom stereocenters. The van der Waals surface area contributed by atoms with Crippen molar-refractivity contribution in [2.24, 2.45) is 11.8 Å². The first-order valence-corrected chi connectivity index (χ1v) is 13.2. The Kier molecular flexibility index (Phi) is 6.78. The third-order valence-corrected chi connectivity index (χ3v) is 7.87. The number of carbonyl (C=O) groups excluding carboxylic acids is 2. The molecule has 0 aromatic carbocycles. The minimum atomic E-state index is -0.264. The van der Waals surface area contributed by atoms with Crippen LogP contribution in [-0.4, -0.2) is 74.7 Å². The maximum absolute atomic E-state index is 13.0. The zero-order valence-electron chi connectivity index (χ0n) is 21.7. The van der Waals surface area contributed by atoms with Crippen LogP contribution in [0, 0.1) is 23.7 Å².